The van der Waals surface area contributed by atoms with Gasteiger partial charge in [0.15, 0.2) is 8.68 Å². The number of nitrogens with zero attached hydrogens (tertiary/aromatic N) is 2. The van der Waals surface area contributed by atoms with E-state index in [1.807, 2.05) is 38.1 Å². The molecule has 0 saturated heterocycles. The number of benzene rings is 1. The van der Waals surface area contributed by atoms with Gasteiger partial charge < -0.3 is 5.32 Å². The zero-order valence-corrected chi connectivity index (χ0v) is 14.9. The summed E-state index contributed by atoms with van der Waals surface area (Å²) in [5.41, 5.74) is 3.04. The van der Waals surface area contributed by atoms with E-state index in [2.05, 4.69) is 22.1 Å². The van der Waals surface area contributed by atoms with Gasteiger partial charge in [0.1, 0.15) is 0 Å². The minimum Gasteiger partial charge on any atom is -0.325 e. The molecule has 4 nitrogen and oxygen atoms in total. The van der Waals surface area contributed by atoms with Crippen LogP contribution in [0, 0.1) is 6.92 Å². The van der Waals surface area contributed by atoms with Gasteiger partial charge in [-0.05, 0) is 31.5 Å². The number of rotatable bonds is 7. The number of aromatic nitrogens is 2. The Morgan fingerprint density at radius 3 is 2.59 bits per heavy atom. The first-order valence-electron chi connectivity index (χ1n) is 6.63. The molecule has 0 radical (unpaired) electrons. The van der Waals surface area contributed by atoms with Gasteiger partial charge in [-0.25, -0.2) is 0 Å². The van der Waals surface area contributed by atoms with Crippen molar-refractivity contribution >= 4 is 46.5 Å². The number of carbonyl (C=O) groups excluding carboxylic acids is 1. The number of hydrogen-bond acceptors (Lipinski definition) is 6. The Labute approximate surface area is 142 Å². The van der Waals surface area contributed by atoms with Crippen LogP contribution in [0.15, 0.2) is 45.1 Å². The third kappa shape index (κ3) is 5.82. The highest BCUT2D eigenvalue weighted by molar-refractivity contribution is 8.03. The minimum atomic E-state index is -0.0399. The lowest BCUT2D eigenvalue weighted by molar-refractivity contribution is -0.113. The molecule has 2 aromatic rings. The molecule has 116 valence electrons. The van der Waals surface area contributed by atoms with Gasteiger partial charge >= 0.3 is 0 Å². The van der Waals surface area contributed by atoms with Crippen LogP contribution < -0.4 is 5.32 Å². The Hall–Kier alpha value is -1.31. The van der Waals surface area contributed by atoms with Gasteiger partial charge in [-0.1, -0.05) is 59.1 Å². The van der Waals surface area contributed by atoms with Gasteiger partial charge in [-0.3, -0.25) is 4.79 Å². The first kappa shape index (κ1) is 17.1. The maximum atomic E-state index is 11.9. The molecular formula is C15H17N3OS3. The first-order chi connectivity index (χ1) is 10.5. The average Bonchev–Trinajstić information content (AvgIpc) is 2.91. The fraction of sp³-hybridized carbons (Fsp3) is 0.267. The second-order valence-electron chi connectivity index (χ2n) is 4.79. The molecule has 0 bridgehead atoms. The van der Waals surface area contributed by atoms with Crippen molar-refractivity contribution in [2.24, 2.45) is 0 Å². The van der Waals surface area contributed by atoms with Gasteiger partial charge in [-0.15, -0.1) is 10.2 Å². The van der Waals surface area contributed by atoms with Crippen molar-refractivity contribution in [1.29, 1.82) is 0 Å². The van der Waals surface area contributed by atoms with Crippen molar-refractivity contribution in [2.45, 2.75) is 22.5 Å². The lowest BCUT2D eigenvalue weighted by Gasteiger charge is -2.04. The minimum absolute atomic E-state index is 0.0399. The van der Waals surface area contributed by atoms with E-state index in [1.165, 1.54) is 23.1 Å². The molecule has 1 heterocycles. The lowest BCUT2D eigenvalue weighted by Crippen LogP contribution is -2.13. The number of carbonyl (C=O) groups is 1. The maximum absolute atomic E-state index is 11.9. The predicted octanol–water partition coefficient (Wildman–Crippen LogP) is 4.25. The molecule has 1 N–H and O–H groups in total. The van der Waals surface area contributed by atoms with Gasteiger partial charge in [0, 0.05) is 11.4 Å². The van der Waals surface area contributed by atoms with Crippen LogP contribution in [0.3, 0.4) is 0 Å². The van der Waals surface area contributed by atoms with Crippen molar-refractivity contribution in [3.63, 3.8) is 0 Å². The zero-order chi connectivity index (χ0) is 15.9. The molecule has 0 atom stereocenters. The van der Waals surface area contributed by atoms with Crippen molar-refractivity contribution < 1.29 is 4.79 Å². The largest absolute Gasteiger partial charge is 0.325 e. The highest BCUT2D eigenvalue weighted by atomic mass is 32.2. The molecule has 0 spiro atoms. The molecule has 22 heavy (non-hydrogen) atoms. The molecular weight excluding hydrogens is 334 g/mol. The number of thioether (sulfide) groups is 2. The topological polar surface area (TPSA) is 54.9 Å². The van der Waals surface area contributed by atoms with E-state index in [4.69, 9.17) is 0 Å². The number of amides is 1. The maximum Gasteiger partial charge on any atom is 0.234 e. The summed E-state index contributed by atoms with van der Waals surface area (Å²) in [7, 11) is 0. The molecule has 7 heteroatoms. The molecule has 0 fully saturated rings. The van der Waals surface area contributed by atoms with Gasteiger partial charge in [-0.2, -0.15) is 0 Å². The zero-order valence-electron chi connectivity index (χ0n) is 12.5. The van der Waals surface area contributed by atoms with Gasteiger partial charge in [0.25, 0.3) is 0 Å². The second kappa shape index (κ2) is 8.36. The quantitative estimate of drug-likeness (QED) is 0.597. The number of nitrogens with one attached hydrogen (secondary N) is 1. The molecule has 0 aliphatic heterocycles. The first-order valence-corrected chi connectivity index (χ1v) is 9.41. The van der Waals surface area contributed by atoms with E-state index in [1.54, 1.807) is 11.8 Å². The van der Waals surface area contributed by atoms with Crippen LogP contribution in [-0.4, -0.2) is 27.6 Å². The predicted molar refractivity (Wildman–Crippen MR) is 96.0 cm³/mol. The highest BCUT2D eigenvalue weighted by Crippen LogP contribution is 2.29. The van der Waals surface area contributed by atoms with Crippen LogP contribution in [0.1, 0.15) is 12.5 Å². The van der Waals surface area contributed by atoms with Crippen molar-refractivity contribution in [3.8, 4) is 0 Å². The van der Waals surface area contributed by atoms with Crippen LogP contribution in [-0.2, 0) is 4.79 Å². The molecule has 2 rings (SSSR count). The Bertz CT molecular complexity index is 670. The summed E-state index contributed by atoms with van der Waals surface area (Å²) < 4.78 is 1.72. The molecule has 1 aromatic heterocycles. The number of hydrogen-bond donors (Lipinski definition) is 1. The fourth-order valence-electron chi connectivity index (χ4n) is 1.55. The Balaban J connectivity index is 1.80. The summed E-state index contributed by atoms with van der Waals surface area (Å²) in [6.45, 7) is 7.84. The fourth-order valence-corrected chi connectivity index (χ4v) is 4.21. The summed E-state index contributed by atoms with van der Waals surface area (Å²) in [5.74, 6) is 1.13. The van der Waals surface area contributed by atoms with E-state index in [0.717, 1.165) is 31.3 Å². The Kier molecular flexibility index (Phi) is 6.48. The standard InChI is InChI=1S/C15H17N3OS3/c1-10(2)8-20-14-17-18-15(22-14)21-9-13(19)16-12-6-4-5-11(3)7-12/h4-7H,1,8-9H2,2-3H3,(H,16,19). The molecule has 1 aromatic carbocycles. The van der Waals surface area contributed by atoms with Crippen molar-refractivity contribution in [3.05, 3.63) is 42.0 Å². The monoisotopic (exact) mass is 351 g/mol. The SMILES string of the molecule is C=C(C)CSc1nnc(SCC(=O)Nc2cccc(C)c2)s1. The van der Waals surface area contributed by atoms with Crippen LogP contribution in [0.25, 0.3) is 0 Å². The van der Waals surface area contributed by atoms with E-state index in [0.29, 0.717) is 5.75 Å². The van der Waals surface area contributed by atoms with Crippen LogP contribution >= 0.6 is 34.9 Å². The van der Waals surface area contributed by atoms with Gasteiger partial charge in [0.2, 0.25) is 5.91 Å². The highest BCUT2D eigenvalue weighted by Gasteiger charge is 2.09. The number of anilines is 1. The van der Waals surface area contributed by atoms with E-state index >= 15 is 0 Å². The normalized spacial score (nSPS) is 10.5. The van der Waals surface area contributed by atoms with Crippen molar-refractivity contribution in [1.82, 2.24) is 10.2 Å². The molecule has 0 saturated carbocycles. The summed E-state index contributed by atoms with van der Waals surface area (Å²) in [6, 6.07) is 7.75. The van der Waals surface area contributed by atoms with Gasteiger partial charge in [0.05, 0.1) is 5.75 Å². The summed E-state index contributed by atoms with van der Waals surface area (Å²) in [4.78, 5) is 11.9. The second-order valence-corrected chi connectivity index (χ2v) is 8.21. The summed E-state index contributed by atoms with van der Waals surface area (Å²) in [5, 5.41) is 11.1. The molecule has 1 amide bonds. The van der Waals surface area contributed by atoms with Crippen LogP contribution in [0.5, 0.6) is 0 Å². The van der Waals surface area contributed by atoms with E-state index in [-0.39, 0.29) is 5.91 Å². The van der Waals surface area contributed by atoms with Crippen molar-refractivity contribution in [2.75, 3.05) is 16.8 Å². The molecule has 0 aliphatic carbocycles. The van der Waals surface area contributed by atoms with Crippen LogP contribution in [0.4, 0.5) is 5.69 Å². The lowest BCUT2D eigenvalue weighted by atomic mass is 10.2. The smallest absolute Gasteiger partial charge is 0.234 e. The Morgan fingerprint density at radius 2 is 1.95 bits per heavy atom. The number of aryl methyl sites for hydroxylation is 1. The summed E-state index contributed by atoms with van der Waals surface area (Å²) in [6.07, 6.45) is 0. The molecule has 0 unspecified atom stereocenters. The van der Waals surface area contributed by atoms with E-state index < -0.39 is 0 Å². The third-order valence-electron chi connectivity index (χ3n) is 2.46. The average molecular weight is 352 g/mol. The molecule has 0 aliphatic rings. The summed E-state index contributed by atoms with van der Waals surface area (Å²) >= 11 is 4.53. The Morgan fingerprint density at radius 1 is 1.27 bits per heavy atom. The third-order valence-corrected chi connectivity index (χ3v) is 5.88. The van der Waals surface area contributed by atoms with E-state index in [9.17, 15) is 4.79 Å². The van der Waals surface area contributed by atoms with Crippen LogP contribution in [0.2, 0.25) is 0 Å².